The van der Waals surface area contributed by atoms with E-state index in [9.17, 15) is 18.0 Å². The number of carbonyl (C=O) groups is 1. The maximum absolute atomic E-state index is 12.7. The van der Waals surface area contributed by atoms with Gasteiger partial charge in [-0.3, -0.25) is 4.79 Å². The fourth-order valence-corrected chi connectivity index (χ4v) is 2.87. The summed E-state index contributed by atoms with van der Waals surface area (Å²) in [5.41, 5.74) is 1.03. The van der Waals surface area contributed by atoms with Crippen LogP contribution in [-0.2, 0) is 4.79 Å². The first kappa shape index (κ1) is 14.2. The molecule has 0 aliphatic carbocycles. The first-order valence-corrected chi connectivity index (χ1v) is 6.94. The van der Waals surface area contributed by atoms with Crippen molar-refractivity contribution < 1.29 is 18.0 Å². The van der Waals surface area contributed by atoms with Crippen LogP contribution in [0.25, 0.3) is 0 Å². The maximum Gasteiger partial charge on any atom is 0.393 e. The maximum atomic E-state index is 12.7. The van der Waals surface area contributed by atoms with Gasteiger partial charge in [0.1, 0.15) is 5.82 Å². The Kier molecular flexibility index (Phi) is 3.51. The summed E-state index contributed by atoms with van der Waals surface area (Å²) in [5, 5.41) is 0. The average Bonchev–Trinajstić information content (AvgIpc) is 2.88. The van der Waals surface area contributed by atoms with Crippen LogP contribution in [0.15, 0.2) is 18.3 Å². The highest BCUT2D eigenvalue weighted by atomic mass is 19.4. The molecule has 2 fully saturated rings. The van der Waals surface area contributed by atoms with E-state index in [0.29, 0.717) is 31.4 Å². The van der Waals surface area contributed by atoms with Gasteiger partial charge < -0.3 is 9.80 Å². The zero-order chi connectivity index (χ0) is 15.0. The standard InChI is InChI=1S/C14H16F3N3O/c15-14(16,17)12-3-4-20(8-12)13-2-1-10(5-18-13)11-6-19(7-11)9-21/h1-2,5,9,11-12H,3-4,6-8H2/t12-/m0/s1. The lowest BCUT2D eigenvalue weighted by Crippen LogP contribution is -2.43. The number of pyridine rings is 1. The van der Waals surface area contributed by atoms with E-state index in [0.717, 1.165) is 12.0 Å². The number of hydrogen-bond donors (Lipinski definition) is 0. The SMILES string of the molecule is O=CN1CC(c2ccc(N3CC[C@H](C(F)(F)F)C3)nc2)C1. The summed E-state index contributed by atoms with van der Waals surface area (Å²) >= 11 is 0. The lowest BCUT2D eigenvalue weighted by Gasteiger charge is -2.36. The zero-order valence-electron chi connectivity index (χ0n) is 11.4. The van der Waals surface area contributed by atoms with Crippen LogP contribution < -0.4 is 4.90 Å². The molecule has 1 aromatic heterocycles. The van der Waals surface area contributed by atoms with Crippen LogP contribution in [0.4, 0.5) is 19.0 Å². The zero-order valence-corrected chi connectivity index (χ0v) is 11.4. The Balaban J connectivity index is 1.62. The molecule has 4 nitrogen and oxygen atoms in total. The van der Waals surface area contributed by atoms with Gasteiger partial charge in [0.2, 0.25) is 6.41 Å². The van der Waals surface area contributed by atoms with Crippen molar-refractivity contribution in [1.29, 1.82) is 0 Å². The molecule has 3 rings (SSSR count). The molecule has 7 heteroatoms. The Morgan fingerprint density at radius 3 is 2.52 bits per heavy atom. The highest BCUT2D eigenvalue weighted by Gasteiger charge is 2.43. The molecule has 1 amide bonds. The Hall–Kier alpha value is -1.79. The predicted molar refractivity (Wildman–Crippen MR) is 71.0 cm³/mol. The van der Waals surface area contributed by atoms with E-state index in [1.807, 2.05) is 6.07 Å². The molecule has 1 atom stereocenters. The van der Waals surface area contributed by atoms with Gasteiger partial charge in [0.25, 0.3) is 0 Å². The van der Waals surface area contributed by atoms with Crippen LogP contribution in [0.3, 0.4) is 0 Å². The fraction of sp³-hybridized carbons (Fsp3) is 0.571. The van der Waals surface area contributed by atoms with Crippen molar-refractivity contribution in [3.63, 3.8) is 0 Å². The van der Waals surface area contributed by atoms with Gasteiger partial charge in [0, 0.05) is 38.3 Å². The molecule has 1 aromatic rings. The van der Waals surface area contributed by atoms with E-state index >= 15 is 0 Å². The van der Waals surface area contributed by atoms with Crippen molar-refractivity contribution in [1.82, 2.24) is 9.88 Å². The van der Waals surface area contributed by atoms with Crippen molar-refractivity contribution in [2.75, 3.05) is 31.1 Å². The van der Waals surface area contributed by atoms with Crippen LogP contribution in [0.5, 0.6) is 0 Å². The predicted octanol–water partition coefficient (Wildman–Crippen LogP) is 2.03. The molecule has 21 heavy (non-hydrogen) atoms. The summed E-state index contributed by atoms with van der Waals surface area (Å²) in [7, 11) is 0. The Bertz CT molecular complexity index is 511. The van der Waals surface area contributed by atoms with Gasteiger partial charge in [-0.2, -0.15) is 13.2 Å². The van der Waals surface area contributed by atoms with Gasteiger partial charge in [-0.05, 0) is 18.1 Å². The second-order valence-electron chi connectivity index (χ2n) is 5.68. The van der Waals surface area contributed by atoms with Gasteiger partial charge in [0.05, 0.1) is 5.92 Å². The second kappa shape index (κ2) is 5.20. The first-order valence-electron chi connectivity index (χ1n) is 6.94. The lowest BCUT2D eigenvalue weighted by atomic mass is 9.93. The van der Waals surface area contributed by atoms with E-state index in [2.05, 4.69) is 4.98 Å². The van der Waals surface area contributed by atoms with Crippen LogP contribution in [-0.4, -0.2) is 48.6 Å². The summed E-state index contributed by atoms with van der Waals surface area (Å²) in [6.07, 6.45) is -1.47. The van der Waals surface area contributed by atoms with Gasteiger partial charge in [-0.1, -0.05) is 6.07 Å². The molecule has 2 aliphatic rings. The number of amides is 1. The number of hydrogen-bond acceptors (Lipinski definition) is 3. The number of nitrogens with zero attached hydrogens (tertiary/aromatic N) is 3. The third-order valence-corrected chi connectivity index (χ3v) is 4.28. The molecule has 0 N–H and O–H groups in total. The minimum Gasteiger partial charge on any atom is -0.356 e. The summed E-state index contributed by atoms with van der Waals surface area (Å²) in [4.78, 5) is 18.2. The van der Waals surface area contributed by atoms with E-state index in [4.69, 9.17) is 0 Å². The van der Waals surface area contributed by atoms with Crippen LogP contribution in [0.2, 0.25) is 0 Å². The van der Waals surface area contributed by atoms with E-state index in [1.165, 1.54) is 0 Å². The molecular formula is C14H16F3N3O. The van der Waals surface area contributed by atoms with E-state index in [-0.39, 0.29) is 13.0 Å². The molecule has 0 spiro atoms. The topological polar surface area (TPSA) is 36.4 Å². The highest BCUT2D eigenvalue weighted by Crippen LogP contribution is 2.35. The molecule has 2 saturated heterocycles. The minimum atomic E-state index is -4.13. The number of rotatable bonds is 3. The normalized spacial score (nSPS) is 23.3. The van der Waals surface area contributed by atoms with Gasteiger partial charge in [-0.25, -0.2) is 4.98 Å². The van der Waals surface area contributed by atoms with Gasteiger partial charge in [-0.15, -0.1) is 0 Å². The number of halogens is 3. The number of aromatic nitrogens is 1. The Morgan fingerprint density at radius 1 is 1.24 bits per heavy atom. The van der Waals surface area contributed by atoms with Gasteiger partial charge >= 0.3 is 6.18 Å². The lowest BCUT2D eigenvalue weighted by molar-refractivity contribution is -0.168. The molecule has 114 valence electrons. The molecule has 0 saturated carbocycles. The first-order chi connectivity index (χ1) is 9.97. The Morgan fingerprint density at radius 2 is 2.00 bits per heavy atom. The monoisotopic (exact) mass is 299 g/mol. The largest absolute Gasteiger partial charge is 0.393 e. The molecule has 2 aliphatic heterocycles. The Labute approximate surface area is 120 Å². The molecule has 0 bridgehead atoms. The number of carbonyl (C=O) groups excluding carboxylic acids is 1. The van der Waals surface area contributed by atoms with Crippen molar-refractivity contribution in [2.45, 2.75) is 18.5 Å². The second-order valence-corrected chi connectivity index (χ2v) is 5.68. The van der Waals surface area contributed by atoms with Crippen molar-refractivity contribution >= 4 is 12.2 Å². The molecule has 0 radical (unpaired) electrons. The van der Waals surface area contributed by atoms with E-state index < -0.39 is 12.1 Å². The third kappa shape index (κ3) is 2.82. The number of likely N-dealkylation sites (tertiary alicyclic amines) is 1. The smallest absolute Gasteiger partial charge is 0.356 e. The minimum absolute atomic E-state index is 0.0157. The summed E-state index contributed by atoms with van der Waals surface area (Å²) in [6.45, 7) is 1.74. The average molecular weight is 299 g/mol. The molecular weight excluding hydrogens is 283 g/mol. The summed E-state index contributed by atoms with van der Waals surface area (Å²) in [6, 6.07) is 3.67. The van der Waals surface area contributed by atoms with E-state index in [1.54, 1.807) is 22.1 Å². The van der Waals surface area contributed by atoms with Crippen LogP contribution in [0, 0.1) is 5.92 Å². The number of anilines is 1. The van der Waals surface area contributed by atoms with Crippen molar-refractivity contribution in [3.8, 4) is 0 Å². The molecule has 0 unspecified atom stereocenters. The van der Waals surface area contributed by atoms with Gasteiger partial charge in [0.15, 0.2) is 0 Å². The quantitative estimate of drug-likeness (QED) is 0.801. The van der Waals surface area contributed by atoms with Crippen LogP contribution >= 0.6 is 0 Å². The third-order valence-electron chi connectivity index (χ3n) is 4.28. The van der Waals surface area contributed by atoms with Crippen molar-refractivity contribution in [2.24, 2.45) is 5.92 Å². The summed E-state index contributed by atoms with van der Waals surface area (Å²) in [5.74, 6) is -0.373. The fourth-order valence-electron chi connectivity index (χ4n) is 2.87. The highest BCUT2D eigenvalue weighted by molar-refractivity contribution is 5.50. The van der Waals surface area contributed by atoms with Crippen molar-refractivity contribution in [3.05, 3.63) is 23.9 Å². The number of alkyl halides is 3. The summed E-state index contributed by atoms with van der Waals surface area (Å²) < 4.78 is 38.0. The molecule has 0 aromatic carbocycles. The van der Waals surface area contributed by atoms with Crippen LogP contribution in [0.1, 0.15) is 17.9 Å². The molecule has 3 heterocycles.